The summed E-state index contributed by atoms with van der Waals surface area (Å²) in [4.78, 5) is 2.20. The molecular weight excluding hydrogens is 288 g/mol. The first kappa shape index (κ1) is 14.0. The van der Waals surface area contributed by atoms with Crippen LogP contribution in [-0.2, 0) is 13.0 Å². The van der Waals surface area contributed by atoms with Crippen LogP contribution in [0.2, 0.25) is 0 Å². The largest absolute Gasteiger partial charge is 0.317 e. The Balaban J connectivity index is 1.99. The summed E-state index contributed by atoms with van der Waals surface area (Å²) in [5, 5.41) is 3.43. The Morgan fingerprint density at radius 2 is 2.00 bits per heavy atom. The van der Waals surface area contributed by atoms with Crippen molar-refractivity contribution >= 4 is 15.9 Å². The van der Waals surface area contributed by atoms with E-state index >= 15 is 0 Å². The van der Waals surface area contributed by atoms with E-state index < -0.39 is 0 Å². The monoisotopic (exact) mass is 310 g/mol. The van der Waals surface area contributed by atoms with Crippen molar-refractivity contribution < 1.29 is 0 Å². The van der Waals surface area contributed by atoms with E-state index in [-0.39, 0.29) is 0 Å². The maximum absolute atomic E-state index is 3.70. The van der Waals surface area contributed by atoms with Gasteiger partial charge < -0.3 is 10.2 Å². The number of nitrogens with zero attached hydrogens (tertiary/aromatic N) is 1. The van der Waals surface area contributed by atoms with Crippen LogP contribution in [0.1, 0.15) is 24.0 Å². The van der Waals surface area contributed by atoms with Crippen LogP contribution in [0.25, 0.3) is 0 Å². The van der Waals surface area contributed by atoms with Gasteiger partial charge in [0.05, 0.1) is 0 Å². The molecule has 0 amide bonds. The van der Waals surface area contributed by atoms with Gasteiger partial charge in [-0.2, -0.15) is 0 Å². The lowest BCUT2D eigenvalue weighted by molar-refractivity contribution is 0.372. The SMILES string of the molecule is CN(C)Cc1ccc(CC2CCNCC2)cc1Br. The average molecular weight is 311 g/mol. The van der Waals surface area contributed by atoms with Crippen molar-refractivity contribution in [3.05, 3.63) is 33.8 Å². The third-order valence-electron chi connectivity index (χ3n) is 3.59. The van der Waals surface area contributed by atoms with Crippen molar-refractivity contribution in [1.29, 1.82) is 0 Å². The van der Waals surface area contributed by atoms with Gasteiger partial charge in [-0.25, -0.2) is 0 Å². The van der Waals surface area contributed by atoms with Crippen molar-refractivity contribution in [2.24, 2.45) is 5.92 Å². The second-order valence-electron chi connectivity index (χ2n) is 5.56. The lowest BCUT2D eigenvalue weighted by Crippen LogP contribution is -2.28. The lowest BCUT2D eigenvalue weighted by atomic mass is 9.91. The molecule has 1 aliphatic heterocycles. The van der Waals surface area contributed by atoms with E-state index in [0.717, 1.165) is 12.5 Å². The minimum Gasteiger partial charge on any atom is -0.317 e. The molecule has 100 valence electrons. The third kappa shape index (κ3) is 4.08. The van der Waals surface area contributed by atoms with E-state index in [4.69, 9.17) is 0 Å². The smallest absolute Gasteiger partial charge is 0.0238 e. The molecule has 2 rings (SSSR count). The molecule has 1 heterocycles. The summed E-state index contributed by atoms with van der Waals surface area (Å²) in [6.45, 7) is 3.36. The Kier molecular flexibility index (Phi) is 5.22. The fourth-order valence-electron chi connectivity index (χ4n) is 2.61. The lowest BCUT2D eigenvalue weighted by Gasteiger charge is -2.23. The van der Waals surface area contributed by atoms with Crippen molar-refractivity contribution in [2.75, 3.05) is 27.2 Å². The standard InChI is InChI=1S/C15H23BrN2/c1-18(2)11-14-4-3-13(10-15(14)16)9-12-5-7-17-8-6-12/h3-4,10,12,17H,5-9,11H2,1-2H3. The van der Waals surface area contributed by atoms with Crippen molar-refractivity contribution in [3.8, 4) is 0 Å². The van der Waals surface area contributed by atoms with Crippen LogP contribution < -0.4 is 5.32 Å². The average Bonchev–Trinajstić information content (AvgIpc) is 2.33. The third-order valence-corrected chi connectivity index (χ3v) is 4.33. The first-order valence-corrected chi connectivity index (χ1v) is 7.57. The molecule has 0 radical (unpaired) electrons. The number of benzene rings is 1. The van der Waals surface area contributed by atoms with Crippen LogP contribution in [0, 0.1) is 5.92 Å². The molecule has 1 saturated heterocycles. The van der Waals surface area contributed by atoms with E-state index in [1.165, 1.54) is 48.0 Å². The minimum atomic E-state index is 0.859. The summed E-state index contributed by atoms with van der Waals surface area (Å²) >= 11 is 3.70. The summed E-state index contributed by atoms with van der Waals surface area (Å²) in [7, 11) is 4.21. The van der Waals surface area contributed by atoms with Crippen LogP contribution in [0.5, 0.6) is 0 Å². The molecule has 0 saturated carbocycles. The molecule has 0 unspecified atom stereocenters. The highest BCUT2D eigenvalue weighted by Crippen LogP contribution is 2.23. The molecule has 1 aromatic rings. The van der Waals surface area contributed by atoms with Crippen LogP contribution in [0.3, 0.4) is 0 Å². The molecule has 1 N–H and O–H groups in total. The van der Waals surface area contributed by atoms with Gasteiger partial charge in [0.2, 0.25) is 0 Å². The first-order chi connectivity index (χ1) is 8.65. The minimum absolute atomic E-state index is 0.859. The number of rotatable bonds is 4. The van der Waals surface area contributed by atoms with Gasteiger partial charge >= 0.3 is 0 Å². The number of piperidine rings is 1. The highest BCUT2D eigenvalue weighted by Gasteiger charge is 2.14. The van der Waals surface area contributed by atoms with Gasteiger partial charge in [-0.15, -0.1) is 0 Å². The number of hydrogen-bond donors (Lipinski definition) is 1. The van der Waals surface area contributed by atoms with E-state index in [1.54, 1.807) is 0 Å². The van der Waals surface area contributed by atoms with Gasteiger partial charge in [-0.1, -0.05) is 28.1 Å². The van der Waals surface area contributed by atoms with Gasteiger partial charge in [-0.05, 0) is 69.6 Å². The van der Waals surface area contributed by atoms with Gasteiger partial charge in [-0.3, -0.25) is 0 Å². The normalized spacial score (nSPS) is 17.3. The van der Waals surface area contributed by atoms with E-state index in [0.29, 0.717) is 0 Å². The van der Waals surface area contributed by atoms with Crippen molar-refractivity contribution in [2.45, 2.75) is 25.8 Å². The maximum atomic E-state index is 3.70. The zero-order valence-electron chi connectivity index (χ0n) is 11.4. The van der Waals surface area contributed by atoms with Gasteiger partial charge in [0.1, 0.15) is 0 Å². The van der Waals surface area contributed by atoms with E-state index in [9.17, 15) is 0 Å². The molecule has 0 aliphatic carbocycles. The van der Waals surface area contributed by atoms with Gasteiger partial charge in [0.25, 0.3) is 0 Å². The molecule has 1 aromatic carbocycles. The molecule has 0 aromatic heterocycles. The van der Waals surface area contributed by atoms with Crippen LogP contribution >= 0.6 is 15.9 Å². The zero-order chi connectivity index (χ0) is 13.0. The summed E-state index contributed by atoms with van der Waals surface area (Å²) < 4.78 is 1.25. The fraction of sp³-hybridized carbons (Fsp3) is 0.600. The highest BCUT2D eigenvalue weighted by atomic mass is 79.9. The fourth-order valence-corrected chi connectivity index (χ4v) is 3.16. The Morgan fingerprint density at radius 3 is 2.61 bits per heavy atom. The molecular formula is C15H23BrN2. The maximum Gasteiger partial charge on any atom is 0.0238 e. The molecule has 1 fully saturated rings. The summed E-state index contributed by atoms with van der Waals surface area (Å²) in [5.74, 6) is 0.859. The number of halogens is 1. The zero-order valence-corrected chi connectivity index (χ0v) is 13.0. The number of hydrogen-bond acceptors (Lipinski definition) is 2. The van der Waals surface area contributed by atoms with E-state index in [1.807, 2.05) is 0 Å². The highest BCUT2D eigenvalue weighted by molar-refractivity contribution is 9.10. The summed E-state index contributed by atoms with van der Waals surface area (Å²) in [6.07, 6.45) is 3.86. The summed E-state index contributed by atoms with van der Waals surface area (Å²) in [5.41, 5.74) is 2.84. The topological polar surface area (TPSA) is 15.3 Å². The van der Waals surface area contributed by atoms with E-state index in [2.05, 4.69) is 58.4 Å². The molecule has 1 aliphatic rings. The van der Waals surface area contributed by atoms with Crippen LogP contribution in [0.15, 0.2) is 22.7 Å². The van der Waals surface area contributed by atoms with Gasteiger partial charge in [0, 0.05) is 11.0 Å². The Hall–Kier alpha value is -0.380. The molecule has 18 heavy (non-hydrogen) atoms. The Bertz CT molecular complexity index is 384. The molecule has 0 spiro atoms. The number of nitrogens with one attached hydrogen (secondary N) is 1. The second-order valence-corrected chi connectivity index (χ2v) is 6.42. The second kappa shape index (κ2) is 6.69. The predicted molar refractivity (Wildman–Crippen MR) is 80.8 cm³/mol. The molecule has 0 atom stereocenters. The Labute approximate surface area is 119 Å². The van der Waals surface area contributed by atoms with Crippen LogP contribution in [-0.4, -0.2) is 32.1 Å². The van der Waals surface area contributed by atoms with Crippen molar-refractivity contribution in [3.63, 3.8) is 0 Å². The molecule has 3 heteroatoms. The van der Waals surface area contributed by atoms with Crippen molar-refractivity contribution in [1.82, 2.24) is 10.2 Å². The Morgan fingerprint density at radius 1 is 1.28 bits per heavy atom. The summed E-state index contributed by atoms with van der Waals surface area (Å²) in [6, 6.07) is 6.87. The van der Waals surface area contributed by atoms with Crippen LogP contribution in [0.4, 0.5) is 0 Å². The first-order valence-electron chi connectivity index (χ1n) is 6.78. The van der Waals surface area contributed by atoms with Gasteiger partial charge in [0.15, 0.2) is 0 Å². The predicted octanol–water partition coefficient (Wildman–Crippen LogP) is 3.05. The quantitative estimate of drug-likeness (QED) is 0.919. The molecule has 0 bridgehead atoms. The molecule has 2 nitrogen and oxygen atoms in total.